The number of hydrogen-bond donors (Lipinski definition) is 1. The third kappa shape index (κ3) is 5.12. The number of amides is 1. The summed E-state index contributed by atoms with van der Waals surface area (Å²) in [7, 11) is -3.71. The van der Waals surface area contributed by atoms with Gasteiger partial charge in [-0.25, -0.2) is 13.1 Å². The van der Waals surface area contributed by atoms with Crippen molar-refractivity contribution in [1.29, 1.82) is 0 Å². The Morgan fingerprint density at radius 2 is 1.77 bits per heavy atom. The Kier molecular flexibility index (Phi) is 6.35. The van der Waals surface area contributed by atoms with Gasteiger partial charge in [-0.05, 0) is 49.2 Å². The molecule has 8 nitrogen and oxygen atoms in total. The van der Waals surface area contributed by atoms with E-state index < -0.39 is 10.0 Å². The van der Waals surface area contributed by atoms with E-state index >= 15 is 0 Å². The van der Waals surface area contributed by atoms with Crippen molar-refractivity contribution in [3.63, 3.8) is 0 Å². The topological polar surface area (TPSA) is 105 Å². The Morgan fingerprint density at radius 1 is 1.10 bits per heavy atom. The van der Waals surface area contributed by atoms with E-state index in [1.807, 2.05) is 12.1 Å². The minimum Gasteiger partial charge on any atom is -0.342 e. The lowest BCUT2D eigenvalue weighted by atomic mass is 9.96. The van der Waals surface area contributed by atoms with Gasteiger partial charge in [0.05, 0.1) is 11.4 Å². The molecule has 2 aromatic carbocycles. The van der Waals surface area contributed by atoms with Crippen molar-refractivity contribution in [2.75, 3.05) is 19.6 Å². The predicted molar refractivity (Wildman–Crippen MR) is 115 cm³/mol. The maximum absolute atomic E-state index is 12.5. The molecule has 0 unspecified atom stereocenters. The summed E-state index contributed by atoms with van der Waals surface area (Å²) in [4.78, 5) is 18.7. The van der Waals surface area contributed by atoms with Crippen molar-refractivity contribution < 1.29 is 17.7 Å². The van der Waals surface area contributed by atoms with Gasteiger partial charge < -0.3 is 9.42 Å². The van der Waals surface area contributed by atoms with Gasteiger partial charge in [0.25, 0.3) is 0 Å². The van der Waals surface area contributed by atoms with Gasteiger partial charge in [0, 0.05) is 29.6 Å². The Morgan fingerprint density at radius 3 is 2.45 bits per heavy atom. The summed E-state index contributed by atoms with van der Waals surface area (Å²) in [6.45, 7) is 0.716. The number of sulfonamides is 1. The van der Waals surface area contributed by atoms with Crippen LogP contribution < -0.4 is 4.72 Å². The zero-order valence-corrected chi connectivity index (χ0v) is 18.1. The summed E-state index contributed by atoms with van der Waals surface area (Å²) >= 11 is 5.91. The van der Waals surface area contributed by atoms with Crippen LogP contribution >= 0.6 is 11.6 Å². The standard InChI is InChI=1S/C21H21ClN4O4S/c22-17-8-6-15(7-9-17)20-24-21(30-25-20)16-10-12-26(13-11-16)19(27)14-23-31(28,29)18-4-2-1-3-5-18/h1-9,16,23H,10-14H2. The minimum absolute atomic E-state index is 0.0543. The van der Waals surface area contributed by atoms with Crippen molar-refractivity contribution >= 4 is 27.5 Å². The molecule has 2 heterocycles. The molecule has 0 bridgehead atoms. The summed E-state index contributed by atoms with van der Waals surface area (Å²) < 4.78 is 32.4. The van der Waals surface area contributed by atoms with E-state index in [0.29, 0.717) is 42.7 Å². The van der Waals surface area contributed by atoms with E-state index in [1.54, 1.807) is 35.2 Å². The molecule has 1 saturated heterocycles. The first-order valence-electron chi connectivity index (χ1n) is 9.84. The van der Waals surface area contributed by atoms with Gasteiger partial charge in [0.1, 0.15) is 0 Å². The molecule has 4 rings (SSSR count). The first kappa shape index (κ1) is 21.5. The maximum Gasteiger partial charge on any atom is 0.241 e. The van der Waals surface area contributed by atoms with Crippen molar-refractivity contribution in [2.24, 2.45) is 0 Å². The van der Waals surface area contributed by atoms with Crippen LogP contribution in [0.15, 0.2) is 64.0 Å². The van der Waals surface area contributed by atoms with E-state index in [4.69, 9.17) is 16.1 Å². The van der Waals surface area contributed by atoms with Crippen molar-refractivity contribution in [2.45, 2.75) is 23.7 Å². The number of benzene rings is 2. The van der Waals surface area contributed by atoms with Gasteiger partial charge in [0.2, 0.25) is 27.6 Å². The van der Waals surface area contributed by atoms with Crippen LogP contribution in [0.1, 0.15) is 24.7 Å². The normalized spacial score (nSPS) is 15.2. The first-order chi connectivity index (χ1) is 14.9. The van der Waals surface area contributed by atoms with Crippen LogP contribution in [0.5, 0.6) is 0 Å². The second-order valence-corrected chi connectivity index (χ2v) is 9.46. The number of piperidine rings is 1. The lowest BCUT2D eigenvalue weighted by molar-refractivity contribution is -0.131. The van der Waals surface area contributed by atoms with E-state index in [9.17, 15) is 13.2 Å². The highest BCUT2D eigenvalue weighted by molar-refractivity contribution is 7.89. The first-order valence-corrected chi connectivity index (χ1v) is 11.7. The molecule has 0 saturated carbocycles. The molecule has 1 N–H and O–H groups in total. The van der Waals surface area contributed by atoms with Gasteiger partial charge in [0.15, 0.2) is 0 Å². The molecule has 1 aliphatic heterocycles. The molecule has 1 fully saturated rings. The Hall–Kier alpha value is -2.75. The number of aromatic nitrogens is 2. The lowest BCUT2D eigenvalue weighted by Gasteiger charge is -2.30. The maximum atomic E-state index is 12.5. The smallest absolute Gasteiger partial charge is 0.241 e. The van der Waals surface area contributed by atoms with Crippen LogP contribution in [0.4, 0.5) is 0 Å². The van der Waals surface area contributed by atoms with E-state index in [2.05, 4.69) is 14.9 Å². The summed E-state index contributed by atoms with van der Waals surface area (Å²) in [5, 5.41) is 4.68. The van der Waals surface area contributed by atoms with Gasteiger partial charge in [-0.2, -0.15) is 4.98 Å². The van der Waals surface area contributed by atoms with E-state index in [1.165, 1.54) is 12.1 Å². The van der Waals surface area contributed by atoms with Crippen LogP contribution in [-0.2, 0) is 14.8 Å². The molecule has 0 spiro atoms. The molecule has 0 atom stereocenters. The zero-order chi connectivity index (χ0) is 21.8. The zero-order valence-electron chi connectivity index (χ0n) is 16.6. The molecule has 162 valence electrons. The number of hydrogen-bond acceptors (Lipinski definition) is 6. The highest BCUT2D eigenvalue weighted by atomic mass is 35.5. The number of carbonyl (C=O) groups excluding carboxylic acids is 1. The largest absolute Gasteiger partial charge is 0.342 e. The van der Waals surface area contributed by atoms with Gasteiger partial charge >= 0.3 is 0 Å². The number of carbonyl (C=O) groups is 1. The van der Waals surface area contributed by atoms with Crippen LogP contribution in [-0.4, -0.2) is 49.0 Å². The molecule has 0 radical (unpaired) electrons. The lowest BCUT2D eigenvalue weighted by Crippen LogP contribution is -2.43. The molecular weight excluding hydrogens is 440 g/mol. The molecule has 1 aliphatic rings. The van der Waals surface area contributed by atoms with Crippen LogP contribution in [0.2, 0.25) is 5.02 Å². The molecule has 31 heavy (non-hydrogen) atoms. The fourth-order valence-corrected chi connectivity index (χ4v) is 4.57. The summed E-state index contributed by atoms with van der Waals surface area (Å²) in [5.74, 6) is 0.839. The fraction of sp³-hybridized carbons (Fsp3) is 0.286. The quantitative estimate of drug-likeness (QED) is 0.606. The third-order valence-electron chi connectivity index (χ3n) is 5.21. The SMILES string of the molecule is O=C(CNS(=O)(=O)c1ccccc1)N1CCC(c2nc(-c3ccc(Cl)cc3)no2)CC1. The molecule has 3 aromatic rings. The van der Waals surface area contributed by atoms with Gasteiger partial charge in [-0.15, -0.1) is 0 Å². The predicted octanol–water partition coefficient (Wildman–Crippen LogP) is 3.07. The monoisotopic (exact) mass is 460 g/mol. The van der Waals surface area contributed by atoms with Crippen molar-refractivity contribution in [3.05, 3.63) is 65.5 Å². The average molecular weight is 461 g/mol. The minimum atomic E-state index is -3.71. The number of nitrogens with zero attached hydrogens (tertiary/aromatic N) is 3. The van der Waals surface area contributed by atoms with Crippen molar-refractivity contribution in [3.8, 4) is 11.4 Å². The molecular formula is C21H21ClN4O4S. The Balaban J connectivity index is 1.30. The molecule has 0 aliphatic carbocycles. The number of likely N-dealkylation sites (tertiary alicyclic amines) is 1. The molecule has 1 amide bonds. The average Bonchev–Trinajstić information content (AvgIpc) is 3.29. The number of halogens is 1. The molecule has 1 aromatic heterocycles. The van der Waals surface area contributed by atoms with E-state index in [-0.39, 0.29) is 23.3 Å². The summed E-state index contributed by atoms with van der Waals surface area (Å²) in [6.07, 6.45) is 1.33. The van der Waals surface area contributed by atoms with Crippen LogP contribution in [0, 0.1) is 0 Å². The fourth-order valence-electron chi connectivity index (χ4n) is 3.44. The van der Waals surface area contributed by atoms with Crippen LogP contribution in [0.25, 0.3) is 11.4 Å². The second-order valence-electron chi connectivity index (χ2n) is 7.26. The summed E-state index contributed by atoms with van der Waals surface area (Å²) in [5.41, 5.74) is 0.817. The van der Waals surface area contributed by atoms with Gasteiger partial charge in [-0.3, -0.25) is 4.79 Å². The Bertz CT molecular complexity index is 1140. The van der Waals surface area contributed by atoms with Crippen molar-refractivity contribution in [1.82, 2.24) is 19.8 Å². The number of nitrogens with one attached hydrogen (secondary N) is 1. The van der Waals surface area contributed by atoms with Crippen LogP contribution in [0.3, 0.4) is 0 Å². The third-order valence-corrected chi connectivity index (χ3v) is 6.88. The number of rotatable bonds is 6. The highest BCUT2D eigenvalue weighted by Crippen LogP contribution is 2.29. The highest BCUT2D eigenvalue weighted by Gasteiger charge is 2.28. The second kappa shape index (κ2) is 9.17. The Labute approximate surface area is 185 Å². The summed E-state index contributed by atoms with van der Waals surface area (Å²) in [6, 6.07) is 15.2. The van der Waals surface area contributed by atoms with E-state index in [0.717, 1.165) is 5.56 Å². The molecule has 10 heteroatoms. The van der Waals surface area contributed by atoms with Gasteiger partial charge in [-0.1, -0.05) is 35.0 Å².